The summed E-state index contributed by atoms with van der Waals surface area (Å²) in [4.78, 5) is 15.1. The highest BCUT2D eigenvalue weighted by Gasteiger charge is 2.33. The smallest absolute Gasteiger partial charge is 0.418 e. The third-order valence-corrected chi connectivity index (χ3v) is 5.11. The van der Waals surface area contributed by atoms with Crippen molar-refractivity contribution in [1.82, 2.24) is 4.98 Å². The monoisotopic (exact) mass is 451 g/mol. The third kappa shape index (κ3) is 4.98. The number of rotatable bonds is 5. The summed E-state index contributed by atoms with van der Waals surface area (Å²) in [5.41, 5.74) is 2.22. The fourth-order valence-electron chi connectivity index (χ4n) is 3.66. The van der Waals surface area contributed by atoms with Gasteiger partial charge in [-0.3, -0.25) is 9.78 Å². The Hall–Kier alpha value is -3.87. The van der Waals surface area contributed by atoms with Crippen LogP contribution in [0.1, 0.15) is 23.6 Å². The summed E-state index contributed by atoms with van der Waals surface area (Å²) in [6, 6.07) is 18.3. The minimum atomic E-state index is -4.49. The lowest BCUT2D eigenvalue weighted by Gasteiger charge is -2.15. The van der Waals surface area contributed by atoms with Gasteiger partial charge >= 0.3 is 12.1 Å². The molecule has 3 aromatic carbocycles. The van der Waals surface area contributed by atoms with Crippen LogP contribution >= 0.6 is 0 Å². The number of aromatic nitrogens is 1. The Labute approximate surface area is 188 Å². The van der Waals surface area contributed by atoms with Gasteiger partial charge in [-0.1, -0.05) is 36.4 Å². The zero-order valence-electron chi connectivity index (χ0n) is 17.9. The predicted octanol–water partition coefficient (Wildman–Crippen LogP) is 6.73. The minimum absolute atomic E-state index is 0.0789. The first-order chi connectivity index (χ1) is 15.7. The molecule has 4 rings (SSSR count). The number of carbonyl (C=O) groups is 1. The van der Waals surface area contributed by atoms with Crippen molar-refractivity contribution in [2.45, 2.75) is 26.6 Å². The van der Waals surface area contributed by atoms with E-state index in [1.807, 2.05) is 13.0 Å². The van der Waals surface area contributed by atoms with Crippen LogP contribution < -0.4 is 9.47 Å². The van der Waals surface area contributed by atoms with Crippen LogP contribution in [0.25, 0.3) is 22.0 Å². The summed E-state index contributed by atoms with van der Waals surface area (Å²) in [5, 5.41) is 0.433. The molecule has 0 N–H and O–H groups in total. The van der Waals surface area contributed by atoms with Crippen LogP contribution in [-0.4, -0.2) is 11.0 Å². The molecular formula is C26H20F3NO3. The van der Waals surface area contributed by atoms with Gasteiger partial charge in [0.1, 0.15) is 18.1 Å². The maximum absolute atomic E-state index is 13.5. The summed E-state index contributed by atoms with van der Waals surface area (Å²) < 4.78 is 51.4. The lowest BCUT2D eigenvalue weighted by molar-refractivity contribution is -0.136. The number of ether oxygens (including phenoxy) is 2. The number of para-hydroxylation sites is 1. The van der Waals surface area contributed by atoms with Gasteiger partial charge in [0.25, 0.3) is 0 Å². The van der Waals surface area contributed by atoms with Gasteiger partial charge in [0.15, 0.2) is 0 Å². The molecule has 0 aliphatic heterocycles. The number of halogens is 3. The van der Waals surface area contributed by atoms with E-state index in [2.05, 4.69) is 4.98 Å². The molecule has 0 atom stereocenters. The second-order valence-corrected chi connectivity index (χ2v) is 7.57. The van der Waals surface area contributed by atoms with Crippen molar-refractivity contribution in [3.05, 3.63) is 89.6 Å². The van der Waals surface area contributed by atoms with E-state index in [0.717, 1.165) is 22.8 Å². The van der Waals surface area contributed by atoms with Crippen LogP contribution in [0.5, 0.6) is 11.5 Å². The number of alkyl halides is 3. The molecule has 1 heterocycles. The standard InChI is InChI=1S/C26H20F3NO3/c1-16-14-30-25-22(7-4-8-23(25)26(27,28)29)24(16)19-5-3-6-21(13-19)32-15-18-9-11-20(12-10-18)33-17(2)31/h3-14H,15H2,1-2H3. The van der Waals surface area contributed by atoms with Crippen molar-refractivity contribution in [3.8, 4) is 22.6 Å². The molecule has 0 aliphatic rings. The molecular weight excluding hydrogens is 431 g/mol. The molecule has 33 heavy (non-hydrogen) atoms. The number of nitrogens with zero attached hydrogens (tertiary/aromatic N) is 1. The zero-order chi connectivity index (χ0) is 23.6. The van der Waals surface area contributed by atoms with E-state index in [1.165, 1.54) is 19.2 Å². The Morgan fingerprint density at radius 1 is 0.970 bits per heavy atom. The Balaban J connectivity index is 1.63. The molecule has 7 heteroatoms. The SMILES string of the molecule is CC(=O)Oc1ccc(COc2cccc(-c3c(C)cnc4c(C(F)(F)F)cccc34)c2)cc1. The molecule has 4 aromatic rings. The Morgan fingerprint density at radius 2 is 1.70 bits per heavy atom. The van der Waals surface area contributed by atoms with Crippen LogP contribution in [0.15, 0.2) is 72.9 Å². The first-order valence-electron chi connectivity index (χ1n) is 10.2. The Kier molecular flexibility index (Phi) is 6.05. The van der Waals surface area contributed by atoms with Crippen LogP contribution in [0.4, 0.5) is 13.2 Å². The lowest BCUT2D eigenvalue weighted by Crippen LogP contribution is -2.07. The molecule has 4 nitrogen and oxygen atoms in total. The molecule has 0 fully saturated rings. The highest BCUT2D eigenvalue weighted by Crippen LogP contribution is 2.38. The van der Waals surface area contributed by atoms with Gasteiger partial charge in [-0.2, -0.15) is 13.2 Å². The number of hydrogen-bond donors (Lipinski definition) is 0. The molecule has 0 saturated heterocycles. The summed E-state index contributed by atoms with van der Waals surface area (Å²) in [5.74, 6) is 0.636. The van der Waals surface area contributed by atoms with Gasteiger partial charge in [0.05, 0.1) is 11.1 Å². The first kappa shape index (κ1) is 22.3. The highest BCUT2D eigenvalue weighted by molar-refractivity contribution is 5.97. The van der Waals surface area contributed by atoms with Gasteiger partial charge < -0.3 is 9.47 Å². The fraction of sp³-hybridized carbons (Fsp3) is 0.154. The van der Waals surface area contributed by atoms with Crippen molar-refractivity contribution < 1.29 is 27.4 Å². The second-order valence-electron chi connectivity index (χ2n) is 7.57. The molecule has 0 aliphatic carbocycles. The fourth-order valence-corrected chi connectivity index (χ4v) is 3.66. The largest absolute Gasteiger partial charge is 0.489 e. The van der Waals surface area contributed by atoms with E-state index in [1.54, 1.807) is 48.5 Å². The average Bonchev–Trinajstić information content (AvgIpc) is 2.77. The van der Waals surface area contributed by atoms with Crippen molar-refractivity contribution in [2.75, 3.05) is 0 Å². The van der Waals surface area contributed by atoms with E-state index in [0.29, 0.717) is 22.4 Å². The van der Waals surface area contributed by atoms with E-state index in [9.17, 15) is 18.0 Å². The quantitative estimate of drug-likeness (QED) is 0.249. The normalized spacial score (nSPS) is 11.4. The minimum Gasteiger partial charge on any atom is -0.489 e. The first-order valence-corrected chi connectivity index (χ1v) is 10.2. The Morgan fingerprint density at radius 3 is 2.39 bits per heavy atom. The van der Waals surface area contributed by atoms with E-state index >= 15 is 0 Å². The molecule has 0 unspecified atom stereocenters. The van der Waals surface area contributed by atoms with Crippen molar-refractivity contribution in [1.29, 1.82) is 0 Å². The van der Waals surface area contributed by atoms with Crippen molar-refractivity contribution in [2.24, 2.45) is 0 Å². The second kappa shape index (κ2) is 8.94. The van der Waals surface area contributed by atoms with Crippen LogP contribution in [0.3, 0.4) is 0 Å². The van der Waals surface area contributed by atoms with Gasteiger partial charge in [0, 0.05) is 18.5 Å². The molecule has 1 aromatic heterocycles. The molecule has 0 spiro atoms. The predicted molar refractivity (Wildman–Crippen MR) is 119 cm³/mol. The van der Waals surface area contributed by atoms with E-state index in [4.69, 9.17) is 9.47 Å². The van der Waals surface area contributed by atoms with Gasteiger partial charge in [0.2, 0.25) is 0 Å². The molecule has 0 radical (unpaired) electrons. The number of aryl methyl sites for hydroxylation is 1. The van der Waals surface area contributed by atoms with Crippen molar-refractivity contribution >= 4 is 16.9 Å². The summed E-state index contributed by atoms with van der Waals surface area (Å²) in [6.07, 6.45) is -3.03. The van der Waals surface area contributed by atoms with Crippen molar-refractivity contribution in [3.63, 3.8) is 0 Å². The number of benzene rings is 3. The maximum Gasteiger partial charge on any atom is 0.418 e. The van der Waals surface area contributed by atoms with Gasteiger partial charge in [-0.15, -0.1) is 0 Å². The van der Waals surface area contributed by atoms with Gasteiger partial charge in [-0.05, 0) is 59.5 Å². The zero-order valence-corrected chi connectivity index (χ0v) is 17.9. The van der Waals surface area contributed by atoms with Crippen LogP contribution in [0.2, 0.25) is 0 Å². The number of carbonyl (C=O) groups excluding carboxylic acids is 1. The maximum atomic E-state index is 13.5. The number of esters is 1. The molecule has 0 amide bonds. The third-order valence-electron chi connectivity index (χ3n) is 5.11. The van der Waals surface area contributed by atoms with Crippen LogP contribution in [0, 0.1) is 6.92 Å². The van der Waals surface area contributed by atoms with E-state index < -0.39 is 17.7 Å². The molecule has 0 bridgehead atoms. The topological polar surface area (TPSA) is 48.4 Å². The van der Waals surface area contributed by atoms with Crippen LogP contribution in [-0.2, 0) is 17.6 Å². The average molecular weight is 451 g/mol. The molecule has 168 valence electrons. The number of hydrogen-bond acceptors (Lipinski definition) is 4. The van der Waals surface area contributed by atoms with E-state index in [-0.39, 0.29) is 12.1 Å². The van der Waals surface area contributed by atoms with Gasteiger partial charge in [-0.25, -0.2) is 0 Å². The lowest BCUT2D eigenvalue weighted by atomic mass is 9.95. The molecule has 0 saturated carbocycles. The number of fused-ring (bicyclic) bond motifs is 1. The summed E-state index contributed by atoms with van der Waals surface area (Å²) in [6.45, 7) is 3.43. The number of pyridine rings is 1. The highest BCUT2D eigenvalue weighted by atomic mass is 19.4. The summed E-state index contributed by atoms with van der Waals surface area (Å²) in [7, 11) is 0. The summed E-state index contributed by atoms with van der Waals surface area (Å²) >= 11 is 0. The Bertz CT molecular complexity index is 1310.